The average Bonchev–Trinajstić information content (AvgIpc) is 2.83. The number of aromatic nitrogens is 1. The number of benzene rings is 2. The van der Waals surface area contributed by atoms with E-state index in [4.69, 9.17) is 16.3 Å². The number of ether oxygens (including phenoxy) is 1. The number of nitrogens with one attached hydrogen (secondary N) is 1. The lowest BCUT2D eigenvalue weighted by Gasteiger charge is -2.29. The van der Waals surface area contributed by atoms with E-state index in [2.05, 4.69) is 10.3 Å². The standard InChI is InChI=1S/C25H26ClN3O3/c1-18(25(31)28-16-21-4-3-13-27-15-21)29(17-20-7-11-23(32-2)12-8-20)24(30)14-19-5-9-22(26)10-6-19/h3-13,15,18H,14,16-17H2,1-2H3,(H,28,31)/t18-/m0/s1. The smallest absolute Gasteiger partial charge is 0.242 e. The molecule has 3 aromatic rings. The molecule has 0 saturated carbocycles. The van der Waals surface area contributed by atoms with Crippen molar-refractivity contribution >= 4 is 23.4 Å². The van der Waals surface area contributed by atoms with Gasteiger partial charge in [-0.3, -0.25) is 14.6 Å². The summed E-state index contributed by atoms with van der Waals surface area (Å²) in [7, 11) is 1.60. The van der Waals surface area contributed by atoms with Gasteiger partial charge < -0.3 is 15.0 Å². The van der Waals surface area contributed by atoms with Crippen LogP contribution >= 0.6 is 11.6 Å². The number of rotatable bonds is 9. The van der Waals surface area contributed by atoms with Gasteiger partial charge >= 0.3 is 0 Å². The number of carbonyl (C=O) groups excluding carboxylic acids is 2. The van der Waals surface area contributed by atoms with Gasteiger partial charge in [-0.15, -0.1) is 0 Å². The summed E-state index contributed by atoms with van der Waals surface area (Å²) in [4.78, 5) is 31.8. The number of amides is 2. The van der Waals surface area contributed by atoms with E-state index in [0.717, 1.165) is 22.4 Å². The van der Waals surface area contributed by atoms with E-state index in [1.807, 2.05) is 48.5 Å². The first-order valence-corrected chi connectivity index (χ1v) is 10.7. The number of nitrogens with zero attached hydrogens (tertiary/aromatic N) is 2. The number of hydrogen-bond acceptors (Lipinski definition) is 4. The molecule has 2 amide bonds. The molecule has 32 heavy (non-hydrogen) atoms. The Balaban J connectivity index is 1.74. The maximum Gasteiger partial charge on any atom is 0.242 e. The SMILES string of the molecule is COc1ccc(CN(C(=O)Cc2ccc(Cl)cc2)[C@@H](C)C(=O)NCc2cccnc2)cc1. The zero-order chi connectivity index (χ0) is 22.9. The van der Waals surface area contributed by atoms with Crippen LogP contribution in [-0.4, -0.2) is 34.8 Å². The fourth-order valence-electron chi connectivity index (χ4n) is 3.23. The molecule has 0 spiro atoms. The summed E-state index contributed by atoms with van der Waals surface area (Å²) in [5.41, 5.74) is 2.63. The number of carbonyl (C=O) groups is 2. The van der Waals surface area contributed by atoms with Crippen LogP contribution in [0, 0.1) is 0 Å². The zero-order valence-electron chi connectivity index (χ0n) is 18.1. The number of hydrogen-bond donors (Lipinski definition) is 1. The summed E-state index contributed by atoms with van der Waals surface area (Å²) in [5.74, 6) is 0.356. The van der Waals surface area contributed by atoms with E-state index in [1.165, 1.54) is 0 Å². The first-order chi connectivity index (χ1) is 15.5. The lowest BCUT2D eigenvalue weighted by molar-refractivity contribution is -0.140. The second-order valence-electron chi connectivity index (χ2n) is 7.43. The molecule has 2 aromatic carbocycles. The Morgan fingerprint density at radius 2 is 1.72 bits per heavy atom. The second-order valence-corrected chi connectivity index (χ2v) is 7.86. The Bertz CT molecular complexity index is 1020. The first-order valence-electron chi connectivity index (χ1n) is 10.3. The number of halogens is 1. The van der Waals surface area contributed by atoms with Gasteiger partial charge in [0.1, 0.15) is 11.8 Å². The van der Waals surface area contributed by atoms with Gasteiger partial charge in [0.15, 0.2) is 0 Å². The zero-order valence-corrected chi connectivity index (χ0v) is 18.9. The van der Waals surface area contributed by atoms with Crippen molar-refractivity contribution in [3.63, 3.8) is 0 Å². The van der Waals surface area contributed by atoms with Crippen LogP contribution in [0.15, 0.2) is 73.1 Å². The van der Waals surface area contributed by atoms with Crippen molar-refractivity contribution in [2.45, 2.75) is 32.5 Å². The minimum atomic E-state index is -0.659. The maximum atomic E-state index is 13.2. The monoisotopic (exact) mass is 451 g/mol. The van der Waals surface area contributed by atoms with E-state index >= 15 is 0 Å². The molecule has 6 nitrogen and oxygen atoms in total. The Morgan fingerprint density at radius 3 is 2.34 bits per heavy atom. The Labute approximate surface area is 193 Å². The summed E-state index contributed by atoms with van der Waals surface area (Å²) in [5, 5.41) is 3.51. The fraction of sp³-hybridized carbons (Fsp3) is 0.240. The van der Waals surface area contributed by atoms with E-state index in [9.17, 15) is 9.59 Å². The van der Waals surface area contributed by atoms with Crippen LogP contribution in [0.2, 0.25) is 5.02 Å². The van der Waals surface area contributed by atoms with E-state index in [0.29, 0.717) is 18.1 Å². The number of pyridine rings is 1. The van der Waals surface area contributed by atoms with Crippen molar-refractivity contribution in [1.29, 1.82) is 0 Å². The molecule has 0 aliphatic carbocycles. The van der Waals surface area contributed by atoms with Crippen molar-refractivity contribution in [3.8, 4) is 5.75 Å². The third-order valence-corrected chi connectivity index (χ3v) is 5.39. The quantitative estimate of drug-likeness (QED) is 0.533. The molecule has 0 saturated heterocycles. The molecule has 0 aliphatic rings. The third kappa shape index (κ3) is 6.56. The Kier molecular flexibility index (Phi) is 8.22. The molecule has 166 valence electrons. The summed E-state index contributed by atoms with van der Waals surface area (Å²) in [6.07, 6.45) is 3.55. The summed E-state index contributed by atoms with van der Waals surface area (Å²) in [6.45, 7) is 2.39. The molecule has 1 N–H and O–H groups in total. The molecule has 0 fully saturated rings. The minimum Gasteiger partial charge on any atom is -0.497 e. The predicted octanol–water partition coefficient (Wildman–Crippen LogP) is 4.02. The Morgan fingerprint density at radius 1 is 1.03 bits per heavy atom. The van der Waals surface area contributed by atoms with Crippen LogP contribution in [0.25, 0.3) is 0 Å². The molecular weight excluding hydrogens is 426 g/mol. The van der Waals surface area contributed by atoms with E-state index < -0.39 is 6.04 Å². The van der Waals surface area contributed by atoms with Gasteiger partial charge in [0, 0.05) is 30.5 Å². The predicted molar refractivity (Wildman–Crippen MR) is 124 cm³/mol. The molecule has 0 radical (unpaired) electrons. The first kappa shape index (κ1) is 23.3. The van der Waals surface area contributed by atoms with E-state index in [-0.39, 0.29) is 18.2 Å². The molecule has 0 unspecified atom stereocenters. The molecule has 7 heteroatoms. The van der Waals surface area contributed by atoms with Crippen LogP contribution in [0.4, 0.5) is 0 Å². The van der Waals surface area contributed by atoms with Crippen molar-refractivity contribution in [1.82, 2.24) is 15.2 Å². The largest absolute Gasteiger partial charge is 0.497 e. The van der Waals surface area contributed by atoms with Crippen molar-refractivity contribution in [2.24, 2.45) is 0 Å². The average molecular weight is 452 g/mol. The van der Waals surface area contributed by atoms with Gasteiger partial charge in [-0.1, -0.05) is 41.9 Å². The summed E-state index contributed by atoms with van der Waals surface area (Å²) < 4.78 is 5.21. The van der Waals surface area contributed by atoms with Gasteiger partial charge in [0.05, 0.1) is 13.5 Å². The Hall–Kier alpha value is -3.38. The summed E-state index contributed by atoms with van der Waals surface area (Å²) in [6, 6.07) is 17.6. The highest BCUT2D eigenvalue weighted by Crippen LogP contribution is 2.17. The topological polar surface area (TPSA) is 71.5 Å². The van der Waals surface area contributed by atoms with Crippen molar-refractivity contribution < 1.29 is 14.3 Å². The summed E-state index contributed by atoms with van der Waals surface area (Å²) >= 11 is 5.96. The lowest BCUT2D eigenvalue weighted by atomic mass is 10.1. The minimum absolute atomic E-state index is 0.146. The molecule has 1 atom stereocenters. The highest BCUT2D eigenvalue weighted by Gasteiger charge is 2.26. The van der Waals surface area contributed by atoms with Crippen LogP contribution in [0.1, 0.15) is 23.6 Å². The third-order valence-electron chi connectivity index (χ3n) is 5.14. The van der Waals surface area contributed by atoms with E-state index in [1.54, 1.807) is 43.5 Å². The van der Waals surface area contributed by atoms with Gasteiger partial charge in [-0.25, -0.2) is 0 Å². The highest BCUT2D eigenvalue weighted by atomic mass is 35.5. The van der Waals surface area contributed by atoms with Crippen molar-refractivity contribution in [3.05, 3.63) is 94.8 Å². The molecule has 0 aliphatic heterocycles. The highest BCUT2D eigenvalue weighted by molar-refractivity contribution is 6.30. The molecule has 1 heterocycles. The molecular formula is C25H26ClN3O3. The maximum absolute atomic E-state index is 13.2. The van der Waals surface area contributed by atoms with Gasteiger partial charge in [0.25, 0.3) is 0 Å². The lowest BCUT2D eigenvalue weighted by Crippen LogP contribution is -2.48. The van der Waals surface area contributed by atoms with Gasteiger partial charge in [-0.05, 0) is 53.9 Å². The van der Waals surface area contributed by atoms with Crippen LogP contribution in [-0.2, 0) is 29.1 Å². The van der Waals surface area contributed by atoms with Crippen molar-refractivity contribution in [2.75, 3.05) is 7.11 Å². The van der Waals surface area contributed by atoms with Crippen LogP contribution in [0.5, 0.6) is 5.75 Å². The van der Waals surface area contributed by atoms with Gasteiger partial charge in [-0.2, -0.15) is 0 Å². The second kappa shape index (κ2) is 11.3. The van der Waals surface area contributed by atoms with Gasteiger partial charge in [0.2, 0.25) is 11.8 Å². The van der Waals surface area contributed by atoms with Crippen LogP contribution in [0.3, 0.4) is 0 Å². The molecule has 3 rings (SSSR count). The normalized spacial score (nSPS) is 11.5. The molecule has 1 aromatic heterocycles. The fourth-order valence-corrected chi connectivity index (χ4v) is 3.35. The molecule has 0 bridgehead atoms. The van der Waals surface area contributed by atoms with Crippen LogP contribution < -0.4 is 10.1 Å². The number of methoxy groups -OCH3 is 1.